The molecule has 0 heterocycles. The van der Waals surface area contributed by atoms with Gasteiger partial charge in [-0.2, -0.15) is 5.10 Å². The summed E-state index contributed by atoms with van der Waals surface area (Å²) in [4.78, 5) is 12.1. The maximum atomic E-state index is 12.1. The van der Waals surface area contributed by atoms with Gasteiger partial charge in [0.1, 0.15) is 5.75 Å². The number of carbonyl (C=O) groups is 1. The smallest absolute Gasteiger partial charge is 0.314 e. The molecule has 4 nitrogen and oxygen atoms in total. The van der Waals surface area contributed by atoms with Gasteiger partial charge >= 0.3 is 5.97 Å². The minimum absolute atomic E-state index is 0.0649. The van der Waals surface area contributed by atoms with Gasteiger partial charge in [-0.05, 0) is 54.8 Å². The lowest BCUT2D eigenvalue weighted by Crippen LogP contribution is -2.22. The summed E-state index contributed by atoms with van der Waals surface area (Å²) in [6, 6.07) is 17.2. The van der Waals surface area contributed by atoms with Gasteiger partial charge in [0, 0.05) is 0 Å². The largest absolute Gasteiger partial charge is 0.426 e. The average Bonchev–Trinajstić information content (AvgIpc) is 2.65. The Hall–Kier alpha value is -2.62. The molecule has 2 aromatic carbocycles. The van der Waals surface area contributed by atoms with Crippen molar-refractivity contribution >= 4 is 17.9 Å². The molecule has 3 rings (SSSR count). The molecule has 0 atom stereocenters. The SMILES string of the molecule is O=C(Oc1ccc(C=NNc2ccccc2)cc1)C1CCCCC1. The van der Waals surface area contributed by atoms with Crippen LogP contribution in [0.4, 0.5) is 5.69 Å². The predicted octanol–water partition coefficient (Wildman–Crippen LogP) is 4.62. The zero-order valence-electron chi connectivity index (χ0n) is 13.7. The summed E-state index contributed by atoms with van der Waals surface area (Å²) < 4.78 is 5.48. The van der Waals surface area contributed by atoms with Crippen molar-refractivity contribution < 1.29 is 9.53 Å². The topological polar surface area (TPSA) is 50.7 Å². The molecule has 0 spiro atoms. The number of nitrogens with one attached hydrogen (secondary N) is 1. The van der Waals surface area contributed by atoms with E-state index in [4.69, 9.17) is 4.74 Å². The van der Waals surface area contributed by atoms with Crippen LogP contribution in [-0.2, 0) is 4.79 Å². The molecule has 0 radical (unpaired) electrons. The van der Waals surface area contributed by atoms with Gasteiger partial charge in [-0.1, -0.05) is 37.5 Å². The molecule has 0 bridgehead atoms. The first kappa shape index (κ1) is 16.2. The molecule has 124 valence electrons. The molecule has 1 fully saturated rings. The number of carbonyl (C=O) groups excluding carboxylic acids is 1. The summed E-state index contributed by atoms with van der Waals surface area (Å²) in [5, 5.41) is 4.19. The van der Waals surface area contributed by atoms with Crippen molar-refractivity contribution in [3.05, 3.63) is 60.2 Å². The van der Waals surface area contributed by atoms with E-state index in [1.807, 2.05) is 54.6 Å². The molecule has 4 heteroatoms. The normalized spacial score (nSPS) is 15.3. The van der Waals surface area contributed by atoms with Crippen molar-refractivity contribution in [2.24, 2.45) is 11.0 Å². The third-order valence-corrected chi connectivity index (χ3v) is 4.22. The first-order valence-corrected chi connectivity index (χ1v) is 8.47. The Morgan fingerprint density at radius 1 is 1.00 bits per heavy atom. The fourth-order valence-corrected chi connectivity index (χ4v) is 2.85. The zero-order chi connectivity index (χ0) is 16.6. The molecule has 0 aliphatic heterocycles. The number of para-hydroxylation sites is 1. The number of hydrogen-bond acceptors (Lipinski definition) is 4. The summed E-state index contributed by atoms with van der Waals surface area (Å²) in [6.07, 6.45) is 7.13. The van der Waals surface area contributed by atoms with Crippen molar-refractivity contribution in [3.8, 4) is 5.75 Å². The van der Waals surface area contributed by atoms with E-state index in [-0.39, 0.29) is 11.9 Å². The maximum absolute atomic E-state index is 12.1. The summed E-state index contributed by atoms with van der Waals surface area (Å²) >= 11 is 0. The van der Waals surface area contributed by atoms with Crippen molar-refractivity contribution in [2.75, 3.05) is 5.43 Å². The Labute approximate surface area is 142 Å². The summed E-state index contributed by atoms with van der Waals surface area (Å²) in [7, 11) is 0. The molecule has 1 aliphatic carbocycles. The van der Waals surface area contributed by atoms with Crippen LogP contribution in [0.5, 0.6) is 5.75 Å². The van der Waals surface area contributed by atoms with Crippen molar-refractivity contribution in [1.29, 1.82) is 0 Å². The highest BCUT2D eigenvalue weighted by molar-refractivity contribution is 5.81. The van der Waals surface area contributed by atoms with Gasteiger partial charge < -0.3 is 4.74 Å². The molecule has 2 aromatic rings. The number of benzene rings is 2. The van der Waals surface area contributed by atoms with Crippen molar-refractivity contribution in [2.45, 2.75) is 32.1 Å². The van der Waals surface area contributed by atoms with E-state index >= 15 is 0 Å². The van der Waals surface area contributed by atoms with Gasteiger partial charge in [0.15, 0.2) is 0 Å². The average molecular weight is 322 g/mol. The van der Waals surface area contributed by atoms with Gasteiger partial charge in [0.05, 0.1) is 17.8 Å². The maximum Gasteiger partial charge on any atom is 0.314 e. The third-order valence-electron chi connectivity index (χ3n) is 4.22. The van der Waals surface area contributed by atoms with E-state index < -0.39 is 0 Å². The molecule has 24 heavy (non-hydrogen) atoms. The minimum atomic E-state index is -0.0955. The Kier molecular flexibility index (Phi) is 5.61. The number of hydrazone groups is 1. The zero-order valence-corrected chi connectivity index (χ0v) is 13.7. The van der Waals surface area contributed by atoms with E-state index in [1.54, 1.807) is 6.21 Å². The van der Waals surface area contributed by atoms with Crippen LogP contribution in [0.1, 0.15) is 37.7 Å². The van der Waals surface area contributed by atoms with Crippen LogP contribution >= 0.6 is 0 Å². The Morgan fingerprint density at radius 2 is 1.71 bits per heavy atom. The minimum Gasteiger partial charge on any atom is -0.426 e. The molecule has 1 N–H and O–H groups in total. The number of hydrogen-bond donors (Lipinski definition) is 1. The highest BCUT2D eigenvalue weighted by Crippen LogP contribution is 2.25. The van der Waals surface area contributed by atoms with E-state index in [0.29, 0.717) is 5.75 Å². The van der Waals surface area contributed by atoms with Crippen molar-refractivity contribution in [1.82, 2.24) is 0 Å². The highest BCUT2D eigenvalue weighted by atomic mass is 16.5. The monoisotopic (exact) mass is 322 g/mol. The van der Waals surface area contributed by atoms with Crippen LogP contribution in [0, 0.1) is 5.92 Å². The van der Waals surface area contributed by atoms with Crippen LogP contribution in [0.3, 0.4) is 0 Å². The van der Waals surface area contributed by atoms with Gasteiger partial charge in [-0.15, -0.1) is 0 Å². The number of rotatable bonds is 5. The molecule has 0 unspecified atom stereocenters. The molecule has 0 aromatic heterocycles. The number of nitrogens with zero attached hydrogens (tertiary/aromatic N) is 1. The molecular weight excluding hydrogens is 300 g/mol. The molecule has 1 aliphatic rings. The van der Waals surface area contributed by atoms with Crippen LogP contribution in [0.15, 0.2) is 59.7 Å². The lowest BCUT2D eigenvalue weighted by molar-refractivity contribution is -0.139. The number of ether oxygens (including phenoxy) is 1. The highest BCUT2D eigenvalue weighted by Gasteiger charge is 2.22. The van der Waals surface area contributed by atoms with E-state index in [1.165, 1.54) is 6.42 Å². The fraction of sp³-hybridized carbons (Fsp3) is 0.300. The predicted molar refractivity (Wildman–Crippen MR) is 96.3 cm³/mol. The third kappa shape index (κ3) is 4.69. The standard InChI is InChI=1S/C20H22N2O2/c23-20(17-7-3-1-4-8-17)24-19-13-11-16(12-14-19)15-21-22-18-9-5-2-6-10-18/h2,5-6,9-15,17,22H,1,3-4,7-8H2. The quantitative estimate of drug-likeness (QED) is 0.378. The Bertz CT molecular complexity index is 675. The number of anilines is 1. The van der Waals surface area contributed by atoms with E-state index in [9.17, 15) is 4.79 Å². The Balaban J connectivity index is 1.52. The second kappa shape index (κ2) is 8.29. The van der Waals surface area contributed by atoms with Crippen LogP contribution in [0.2, 0.25) is 0 Å². The second-order valence-corrected chi connectivity index (χ2v) is 6.06. The van der Waals surface area contributed by atoms with Gasteiger partial charge in [0.25, 0.3) is 0 Å². The second-order valence-electron chi connectivity index (χ2n) is 6.06. The summed E-state index contributed by atoms with van der Waals surface area (Å²) in [5.74, 6) is 0.565. The lowest BCUT2D eigenvalue weighted by Gasteiger charge is -2.19. The first-order chi connectivity index (χ1) is 11.8. The van der Waals surface area contributed by atoms with E-state index in [2.05, 4.69) is 10.5 Å². The summed E-state index contributed by atoms with van der Waals surface area (Å²) in [6.45, 7) is 0. The van der Waals surface area contributed by atoms with Crippen LogP contribution < -0.4 is 10.2 Å². The van der Waals surface area contributed by atoms with Crippen LogP contribution in [-0.4, -0.2) is 12.2 Å². The van der Waals surface area contributed by atoms with Crippen molar-refractivity contribution in [3.63, 3.8) is 0 Å². The Morgan fingerprint density at radius 3 is 2.42 bits per heavy atom. The molecule has 1 saturated carbocycles. The molecule has 0 amide bonds. The van der Waals surface area contributed by atoms with E-state index in [0.717, 1.165) is 36.9 Å². The molecule has 0 saturated heterocycles. The number of esters is 1. The summed E-state index contributed by atoms with van der Waals surface area (Å²) in [5.41, 5.74) is 4.84. The lowest BCUT2D eigenvalue weighted by atomic mass is 9.89. The first-order valence-electron chi connectivity index (χ1n) is 8.47. The van der Waals surface area contributed by atoms with Gasteiger partial charge in [-0.3, -0.25) is 10.2 Å². The van der Waals surface area contributed by atoms with Gasteiger partial charge in [-0.25, -0.2) is 0 Å². The van der Waals surface area contributed by atoms with Gasteiger partial charge in [0.2, 0.25) is 0 Å². The fourth-order valence-electron chi connectivity index (χ4n) is 2.85. The van der Waals surface area contributed by atoms with Crippen LogP contribution in [0.25, 0.3) is 0 Å². The molecular formula is C20H22N2O2.